The Kier molecular flexibility index (Phi) is 5.29. The number of likely N-dealkylation sites (tertiary alicyclic amines) is 1. The molecule has 0 N–H and O–H groups in total. The number of aryl methyl sites for hydroxylation is 2. The molecule has 0 aliphatic carbocycles. The van der Waals surface area contributed by atoms with Crippen molar-refractivity contribution in [2.75, 3.05) is 18.8 Å². The number of nitrogens with zero attached hydrogens (tertiary/aromatic N) is 3. The van der Waals surface area contributed by atoms with Gasteiger partial charge in [0.2, 0.25) is 5.91 Å². The number of pyridine rings is 1. The number of fused-ring (bicyclic) bond motifs is 1. The second-order valence-corrected chi connectivity index (χ2v) is 7.95. The number of carbonyl (C=O) groups excluding carboxylic acids is 1. The standard InChI is InChI=1S/C20H23N3OS/c1-13-5-4-6-23(11-13)18(24)12-25-20-17(10-21)9-16-8-14(2)7-15(3)19(16)22-20/h7-9,13H,4-6,11-12H2,1-3H3. The number of amides is 1. The van der Waals surface area contributed by atoms with Gasteiger partial charge in [-0.1, -0.05) is 30.3 Å². The van der Waals surface area contributed by atoms with Gasteiger partial charge in [-0.15, -0.1) is 0 Å². The first-order chi connectivity index (χ1) is 12.0. The summed E-state index contributed by atoms with van der Waals surface area (Å²) in [7, 11) is 0. The molecule has 3 rings (SSSR count). The predicted molar refractivity (Wildman–Crippen MR) is 102 cm³/mol. The number of benzene rings is 1. The van der Waals surface area contributed by atoms with E-state index in [1.165, 1.54) is 18.2 Å². The van der Waals surface area contributed by atoms with Crippen LogP contribution in [0.1, 0.15) is 36.5 Å². The number of nitriles is 1. The quantitative estimate of drug-likeness (QED) is 0.781. The molecule has 1 fully saturated rings. The fourth-order valence-corrected chi connectivity index (χ4v) is 4.32. The minimum Gasteiger partial charge on any atom is -0.342 e. The highest BCUT2D eigenvalue weighted by Crippen LogP contribution is 2.28. The van der Waals surface area contributed by atoms with Gasteiger partial charge in [0, 0.05) is 18.5 Å². The molecule has 130 valence electrons. The van der Waals surface area contributed by atoms with Crippen molar-refractivity contribution in [3.05, 3.63) is 34.9 Å². The topological polar surface area (TPSA) is 57.0 Å². The van der Waals surface area contributed by atoms with E-state index in [4.69, 9.17) is 0 Å². The summed E-state index contributed by atoms with van der Waals surface area (Å²) in [5.41, 5.74) is 3.71. The van der Waals surface area contributed by atoms with Crippen molar-refractivity contribution in [2.45, 2.75) is 38.6 Å². The third-order valence-corrected chi connectivity index (χ3v) is 5.66. The molecule has 1 aliphatic rings. The predicted octanol–water partition coefficient (Wildman–Crippen LogP) is 4.07. The highest BCUT2D eigenvalue weighted by atomic mass is 32.2. The van der Waals surface area contributed by atoms with Gasteiger partial charge in [0.15, 0.2) is 0 Å². The van der Waals surface area contributed by atoms with Crippen molar-refractivity contribution in [1.82, 2.24) is 9.88 Å². The van der Waals surface area contributed by atoms with Crippen LogP contribution in [0.25, 0.3) is 10.9 Å². The van der Waals surface area contributed by atoms with Crippen molar-refractivity contribution in [2.24, 2.45) is 5.92 Å². The maximum atomic E-state index is 12.5. The first kappa shape index (κ1) is 17.8. The molecule has 0 radical (unpaired) electrons. The summed E-state index contributed by atoms with van der Waals surface area (Å²) in [5.74, 6) is 1.05. The Morgan fingerprint density at radius 3 is 2.92 bits per heavy atom. The summed E-state index contributed by atoms with van der Waals surface area (Å²) in [4.78, 5) is 19.1. The summed E-state index contributed by atoms with van der Waals surface area (Å²) in [6.07, 6.45) is 2.27. The average molecular weight is 353 g/mol. The van der Waals surface area contributed by atoms with Crippen molar-refractivity contribution in [3.63, 3.8) is 0 Å². The molecule has 5 heteroatoms. The Hall–Kier alpha value is -2.06. The molecular formula is C20H23N3OS. The van der Waals surface area contributed by atoms with Crippen LogP contribution >= 0.6 is 11.8 Å². The van der Waals surface area contributed by atoms with Crippen molar-refractivity contribution in [3.8, 4) is 6.07 Å². The van der Waals surface area contributed by atoms with Gasteiger partial charge in [-0.25, -0.2) is 4.98 Å². The van der Waals surface area contributed by atoms with E-state index < -0.39 is 0 Å². The van der Waals surface area contributed by atoms with E-state index in [1.807, 2.05) is 30.9 Å². The molecule has 1 aromatic carbocycles. The molecule has 0 bridgehead atoms. The van der Waals surface area contributed by atoms with E-state index in [1.54, 1.807) is 0 Å². The van der Waals surface area contributed by atoms with Gasteiger partial charge in [-0.3, -0.25) is 4.79 Å². The number of aromatic nitrogens is 1. The second-order valence-electron chi connectivity index (χ2n) is 6.98. The van der Waals surface area contributed by atoms with E-state index in [-0.39, 0.29) is 5.91 Å². The highest BCUT2D eigenvalue weighted by Gasteiger charge is 2.21. The second kappa shape index (κ2) is 7.45. The summed E-state index contributed by atoms with van der Waals surface area (Å²) < 4.78 is 0. The van der Waals surface area contributed by atoms with Gasteiger partial charge in [-0.05, 0) is 50.3 Å². The third kappa shape index (κ3) is 3.96. The largest absolute Gasteiger partial charge is 0.342 e. The SMILES string of the molecule is Cc1cc(C)c2nc(SCC(=O)N3CCCC(C)C3)c(C#N)cc2c1. The molecule has 1 saturated heterocycles. The zero-order chi connectivity index (χ0) is 18.0. The Balaban J connectivity index is 1.81. The molecule has 2 aromatic rings. The van der Waals surface area contributed by atoms with Crippen molar-refractivity contribution in [1.29, 1.82) is 5.26 Å². The molecule has 4 nitrogen and oxygen atoms in total. The Morgan fingerprint density at radius 1 is 1.40 bits per heavy atom. The molecule has 0 spiro atoms. The molecule has 1 unspecified atom stereocenters. The summed E-state index contributed by atoms with van der Waals surface area (Å²) >= 11 is 1.38. The van der Waals surface area contributed by atoms with Crippen molar-refractivity contribution >= 4 is 28.6 Å². The molecule has 0 saturated carbocycles. The Bertz CT molecular complexity index is 856. The minimum absolute atomic E-state index is 0.142. The number of hydrogen-bond acceptors (Lipinski definition) is 4. The Morgan fingerprint density at radius 2 is 2.20 bits per heavy atom. The zero-order valence-electron chi connectivity index (χ0n) is 15.0. The molecule has 1 amide bonds. The lowest BCUT2D eigenvalue weighted by Crippen LogP contribution is -2.40. The van der Waals surface area contributed by atoms with E-state index in [0.29, 0.717) is 22.3 Å². The third-order valence-electron chi connectivity index (χ3n) is 4.68. The average Bonchev–Trinajstić information content (AvgIpc) is 2.59. The van der Waals surface area contributed by atoms with Gasteiger partial charge >= 0.3 is 0 Å². The molecule has 25 heavy (non-hydrogen) atoms. The van der Waals surface area contributed by atoms with Crippen LogP contribution in [0.2, 0.25) is 0 Å². The van der Waals surface area contributed by atoms with Gasteiger partial charge in [0.25, 0.3) is 0 Å². The fraction of sp³-hybridized carbons (Fsp3) is 0.450. The molecule has 1 aliphatic heterocycles. The lowest BCUT2D eigenvalue weighted by molar-refractivity contribution is -0.130. The van der Waals surface area contributed by atoms with Crippen LogP contribution in [0.3, 0.4) is 0 Å². The lowest BCUT2D eigenvalue weighted by atomic mass is 10.0. The molecule has 2 heterocycles. The normalized spacial score (nSPS) is 17.5. The van der Waals surface area contributed by atoms with Gasteiger partial charge in [0.05, 0.1) is 16.8 Å². The Labute approximate surface area is 153 Å². The summed E-state index contributed by atoms with van der Waals surface area (Å²) in [6.45, 7) is 7.95. The molecule has 1 aromatic heterocycles. The van der Waals surface area contributed by atoms with Crippen molar-refractivity contribution < 1.29 is 4.79 Å². The van der Waals surface area contributed by atoms with Crippen LogP contribution in [0.5, 0.6) is 0 Å². The number of rotatable bonds is 3. The van der Waals surface area contributed by atoms with Crippen LogP contribution in [-0.2, 0) is 4.79 Å². The van der Waals surface area contributed by atoms with Gasteiger partial charge in [0.1, 0.15) is 11.1 Å². The van der Waals surface area contributed by atoms with Gasteiger partial charge in [-0.2, -0.15) is 5.26 Å². The first-order valence-electron chi connectivity index (χ1n) is 8.70. The van der Waals surface area contributed by atoms with E-state index in [2.05, 4.69) is 24.0 Å². The van der Waals surface area contributed by atoms with Crippen LogP contribution < -0.4 is 0 Å². The zero-order valence-corrected chi connectivity index (χ0v) is 15.8. The number of hydrogen-bond donors (Lipinski definition) is 0. The number of thioether (sulfide) groups is 1. The monoisotopic (exact) mass is 353 g/mol. The highest BCUT2D eigenvalue weighted by molar-refractivity contribution is 8.00. The lowest BCUT2D eigenvalue weighted by Gasteiger charge is -2.30. The maximum absolute atomic E-state index is 12.5. The van der Waals surface area contributed by atoms with Crippen LogP contribution in [0.4, 0.5) is 0 Å². The minimum atomic E-state index is 0.142. The molecular weight excluding hydrogens is 330 g/mol. The number of piperidine rings is 1. The first-order valence-corrected chi connectivity index (χ1v) is 9.69. The van der Waals surface area contributed by atoms with Gasteiger partial charge < -0.3 is 4.90 Å². The summed E-state index contributed by atoms with van der Waals surface area (Å²) in [6, 6.07) is 8.26. The van der Waals surface area contributed by atoms with Crippen LogP contribution in [-0.4, -0.2) is 34.6 Å². The van der Waals surface area contributed by atoms with E-state index >= 15 is 0 Å². The maximum Gasteiger partial charge on any atom is 0.232 e. The summed E-state index contributed by atoms with van der Waals surface area (Å²) in [5, 5.41) is 11.1. The van der Waals surface area contributed by atoms with Crippen LogP contribution in [0.15, 0.2) is 23.2 Å². The van der Waals surface area contributed by atoms with Crippen LogP contribution in [0, 0.1) is 31.1 Å². The van der Waals surface area contributed by atoms with E-state index in [0.717, 1.165) is 41.5 Å². The smallest absolute Gasteiger partial charge is 0.232 e. The molecule has 1 atom stereocenters. The fourth-order valence-electron chi connectivity index (χ4n) is 3.46. The van der Waals surface area contributed by atoms with E-state index in [9.17, 15) is 10.1 Å². The number of carbonyl (C=O) groups is 1.